The average Bonchev–Trinajstić information content (AvgIpc) is 3.22. The highest BCUT2D eigenvalue weighted by Crippen LogP contribution is 2.39. The molecule has 3 aromatic carbocycles. The van der Waals surface area contributed by atoms with Gasteiger partial charge in [-0.25, -0.2) is 9.97 Å². The molecule has 0 fully saturated rings. The predicted octanol–water partition coefficient (Wildman–Crippen LogP) is 8.47. The number of hydrogen-bond donors (Lipinski definition) is 1. The zero-order chi connectivity index (χ0) is 25.7. The number of ether oxygens (including phenoxy) is 1. The van der Waals surface area contributed by atoms with Gasteiger partial charge in [-0.05, 0) is 53.8 Å². The highest BCUT2D eigenvalue weighted by atomic mass is 16.5. The van der Waals surface area contributed by atoms with Crippen LogP contribution >= 0.6 is 0 Å². The molecule has 1 N–H and O–H groups in total. The van der Waals surface area contributed by atoms with Crippen molar-refractivity contribution >= 4 is 32.7 Å². The molecule has 0 spiro atoms. The van der Waals surface area contributed by atoms with Crippen LogP contribution in [0.1, 0.15) is 50.7 Å². The van der Waals surface area contributed by atoms with Crippen molar-refractivity contribution in [3.63, 3.8) is 0 Å². The third kappa shape index (κ3) is 3.87. The molecule has 37 heavy (non-hydrogen) atoms. The van der Waals surface area contributed by atoms with Crippen LogP contribution in [0, 0.1) is 0 Å². The second-order valence-corrected chi connectivity index (χ2v) is 10.1. The number of pyridine rings is 2. The van der Waals surface area contributed by atoms with Crippen LogP contribution in [0.3, 0.4) is 0 Å². The molecular formula is C32H29N3O2. The number of rotatable bonds is 5. The van der Waals surface area contributed by atoms with Gasteiger partial charge in [-0.1, -0.05) is 64.1 Å². The van der Waals surface area contributed by atoms with E-state index in [1.54, 1.807) is 0 Å². The monoisotopic (exact) mass is 487 g/mol. The standard InChI is InChI=1S/C32H29N3O2/c1-19(2)23-14-12-21-17-26(20(3)4)32(34-30(21)31(23)36)37-22-13-15-25-24-9-5-6-10-27(24)35(28(25)18-22)29-11-7-8-16-33-29/h5-20,36H,1-4H3. The quantitative estimate of drug-likeness (QED) is 0.265. The Hall–Kier alpha value is -4.38. The van der Waals surface area contributed by atoms with Crippen molar-refractivity contribution in [2.45, 2.75) is 39.5 Å². The maximum Gasteiger partial charge on any atom is 0.223 e. The molecular weight excluding hydrogens is 458 g/mol. The first-order valence-electron chi connectivity index (χ1n) is 12.7. The first-order valence-corrected chi connectivity index (χ1v) is 12.7. The summed E-state index contributed by atoms with van der Waals surface area (Å²) in [7, 11) is 0. The highest BCUT2D eigenvalue weighted by Gasteiger charge is 2.19. The Morgan fingerprint density at radius 2 is 1.51 bits per heavy atom. The van der Waals surface area contributed by atoms with E-state index in [0.29, 0.717) is 17.1 Å². The van der Waals surface area contributed by atoms with E-state index in [9.17, 15) is 5.11 Å². The Bertz CT molecular complexity index is 1770. The molecule has 0 atom stereocenters. The largest absolute Gasteiger partial charge is 0.505 e. The van der Waals surface area contributed by atoms with Gasteiger partial charge in [-0.15, -0.1) is 0 Å². The van der Waals surface area contributed by atoms with Crippen molar-refractivity contribution in [1.82, 2.24) is 14.5 Å². The lowest BCUT2D eigenvalue weighted by atomic mass is 9.97. The van der Waals surface area contributed by atoms with Crippen LogP contribution in [-0.2, 0) is 0 Å². The third-order valence-corrected chi connectivity index (χ3v) is 6.97. The Kier molecular flexibility index (Phi) is 5.56. The molecule has 5 nitrogen and oxygen atoms in total. The van der Waals surface area contributed by atoms with E-state index in [1.165, 1.54) is 0 Å². The average molecular weight is 488 g/mol. The van der Waals surface area contributed by atoms with Crippen LogP contribution in [0.5, 0.6) is 17.4 Å². The Labute approximate surface area is 216 Å². The highest BCUT2D eigenvalue weighted by molar-refractivity contribution is 6.09. The van der Waals surface area contributed by atoms with Crippen molar-refractivity contribution in [1.29, 1.82) is 0 Å². The first kappa shape index (κ1) is 23.0. The van der Waals surface area contributed by atoms with Crippen LogP contribution in [0.25, 0.3) is 38.5 Å². The minimum Gasteiger partial charge on any atom is -0.505 e. The van der Waals surface area contributed by atoms with Crippen molar-refractivity contribution in [2.24, 2.45) is 0 Å². The van der Waals surface area contributed by atoms with Crippen LogP contribution in [0.2, 0.25) is 0 Å². The number of benzene rings is 3. The number of aromatic nitrogens is 3. The lowest BCUT2D eigenvalue weighted by Gasteiger charge is -2.16. The van der Waals surface area contributed by atoms with E-state index in [2.05, 4.69) is 67.6 Å². The SMILES string of the molecule is CC(C)c1cc2ccc(C(C)C)c(O)c2nc1Oc1ccc2c3ccccc3n(-c3ccccn3)c2c1. The van der Waals surface area contributed by atoms with Gasteiger partial charge in [0.15, 0.2) is 0 Å². The molecule has 3 aromatic heterocycles. The molecule has 5 heteroatoms. The minimum atomic E-state index is 0.191. The summed E-state index contributed by atoms with van der Waals surface area (Å²) in [4.78, 5) is 9.47. The Morgan fingerprint density at radius 3 is 2.27 bits per heavy atom. The van der Waals surface area contributed by atoms with Gasteiger partial charge in [-0.3, -0.25) is 4.57 Å². The topological polar surface area (TPSA) is 60.2 Å². The molecule has 6 rings (SSSR count). The van der Waals surface area contributed by atoms with Gasteiger partial charge in [0, 0.05) is 34.0 Å². The van der Waals surface area contributed by atoms with Crippen LogP contribution in [0.4, 0.5) is 0 Å². The maximum absolute atomic E-state index is 11.0. The molecule has 0 saturated carbocycles. The zero-order valence-electron chi connectivity index (χ0n) is 21.4. The van der Waals surface area contributed by atoms with Gasteiger partial charge in [0.25, 0.3) is 0 Å². The van der Waals surface area contributed by atoms with Crippen LogP contribution < -0.4 is 4.74 Å². The van der Waals surface area contributed by atoms with E-state index in [0.717, 1.165) is 44.1 Å². The molecule has 0 aliphatic rings. The van der Waals surface area contributed by atoms with Gasteiger partial charge >= 0.3 is 0 Å². The number of aromatic hydroxyl groups is 1. The summed E-state index contributed by atoms with van der Waals surface area (Å²) in [5, 5.41) is 14.2. The molecule has 0 amide bonds. The van der Waals surface area contributed by atoms with Gasteiger partial charge in [0.05, 0.1) is 11.0 Å². The molecule has 0 saturated heterocycles. The number of phenolic OH excluding ortho intramolecular Hbond substituents is 1. The number of hydrogen-bond acceptors (Lipinski definition) is 4. The number of fused-ring (bicyclic) bond motifs is 4. The Balaban J connectivity index is 1.53. The molecule has 0 radical (unpaired) electrons. The molecule has 0 aliphatic heterocycles. The summed E-state index contributed by atoms with van der Waals surface area (Å²) >= 11 is 0. The van der Waals surface area contributed by atoms with Crippen molar-refractivity contribution < 1.29 is 9.84 Å². The van der Waals surface area contributed by atoms with Gasteiger partial charge in [0.1, 0.15) is 22.8 Å². The fourth-order valence-electron chi connectivity index (χ4n) is 5.06. The van der Waals surface area contributed by atoms with E-state index >= 15 is 0 Å². The summed E-state index contributed by atoms with van der Waals surface area (Å²) in [6.45, 7) is 8.38. The lowest BCUT2D eigenvalue weighted by Crippen LogP contribution is -2.00. The van der Waals surface area contributed by atoms with Crippen LogP contribution in [0.15, 0.2) is 85.1 Å². The summed E-state index contributed by atoms with van der Waals surface area (Å²) in [5.41, 5.74) is 4.54. The van der Waals surface area contributed by atoms with Gasteiger partial charge in [0.2, 0.25) is 5.88 Å². The van der Waals surface area contributed by atoms with Crippen LogP contribution in [-0.4, -0.2) is 19.6 Å². The normalized spacial score (nSPS) is 11.8. The molecule has 0 aliphatic carbocycles. The smallest absolute Gasteiger partial charge is 0.223 e. The van der Waals surface area contributed by atoms with E-state index < -0.39 is 0 Å². The molecule has 184 valence electrons. The minimum absolute atomic E-state index is 0.191. The predicted molar refractivity (Wildman–Crippen MR) is 150 cm³/mol. The van der Waals surface area contributed by atoms with Gasteiger partial charge < -0.3 is 9.84 Å². The maximum atomic E-state index is 11.0. The zero-order valence-corrected chi connectivity index (χ0v) is 21.4. The summed E-state index contributed by atoms with van der Waals surface area (Å²) < 4.78 is 8.64. The first-order chi connectivity index (χ1) is 17.9. The summed E-state index contributed by atoms with van der Waals surface area (Å²) in [6, 6.07) is 26.5. The second-order valence-electron chi connectivity index (χ2n) is 10.1. The summed E-state index contributed by atoms with van der Waals surface area (Å²) in [5.74, 6) is 2.65. The molecule has 0 unspecified atom stereocenters. The van der Waals surface area contributed by atoms with E-state index in [-0.39, 0.29) is 17.6 Å². The van der Waals surface area contributed by atoms with Crippen molar-refractivity contribution in [3.05, 3.63) is 96.2 Å². The molecule has 0 bridgehead atoms. The lowest BCUT2D eigenvalue weighted by molar-refractivity contribution is 0.450. The molecule has 3 heterocycles. The third-order valence-electron chi connectivity index (χ3n) is 6.97. The fraction of sp³-hybridized carbons (Fsp3) is 0.188. The van der Waals surface area contributed by atoms with Gasteiger partial charge in [-0.2, -0.15) is 0 Å². The Morgan fingerprint density at radius 1 is 0.757 bits per heavy atom. The van der Waals surface area contributed by atoms with E-state index in [4.69, 9.17) is 9.72 Å². The molecule has 6 aromatic rings. The van der Waals surface area contributed by atoms with E-state index in [1.807, 2.05) is 54.7 Å². The fourth-order valence-corrected chi connectivity index (χ4v) is 5.06. The van der Waals surface area contributed by atoms with Crippen molar-refractivity contribution in [2.75, 3.05) is 0 Å². The van der Waals surface area contributed by atoms with Crippen molar-refractivity contribution in [3.8, 4) is 23.2 Å². The number of phenols is 1. The summed E-state index contributed by atoms with van der Waals surface area (Å²) in [6.07, 6.45) is 1.81. The second kappa shape index (κ2) is 8.93. The number of nitrogens with zero attached hydrogens (tertiary/aromatic N) is 3. The number of para-hydroxylation sites is 1.